The average molecular weight is 323 g/mol. The van der Waals surface area contributed by atoms with Crippen LogP contribution >= 0.6 is 11.6 Å². The smallest absolute Gasteiger partial charge is 0.337 e. The zero-order valence-corrected chi connectivity index (χ0v) is 12.2. The Kier molecular flexibility index (Phi) is 4.57. The molecule has 0 atom stereocenters. The fourth-order valence-corrected chi connectivity index (χ4v) is 2.05. The van der Waals surface area contributed by atoms with Crippen molar-refractivity contribution in [3.63, 3.8) is 0 Å². The van der Waals surface area contributed by atoms with Crippen molar-refractivity contribution >= 4 is 23.3 Å². The van der Waals surface area contributed by atoms with E-state index in [1.807, 2.05) is 0 Å². The second kappa shape index (κ2) is 6.40. The molecule has 0 saturated carbocycles. The predicted molar refractivity (Wildman–Crippen MR) is 79.2 cm³/mol. The first-order valence-electron chi connectivity index (χ1n) is 6.14. The second-order valence-electron chi connectivity index (χ2n) is 4.41. The van der Waals surface area contributed by atoms with Crippen LogP contribution in [-0.2, 0) is 11.3 Å². The lowest BCUT2D eigenvalue weighted by Crippen LogP contribution is -2.19. The van der Waals surface area contributed by atoms with E-state index in [0.717, 1.165) is 22.9 Å². The molecule has 0 aliphatic rings. The minimum Gasteiger partial charge on any atom is -0.465 e. The Labute approximate surface area is 129 Å². The molecule has 2 aromatic rings. The molecular formula is C14H11ClN2O5. The summed E-state index contributed by atoms with van der Waals surface area (Å²) in [7, 11) is 1.25. The molecule has 0 spiro atoms. The van der Waals surface area contributed by atoms with Gasteiger partial charge in [-0.15, -0.1) is 0 Å². The zero-order chi connectivity index (χ0) is 16.3. The number of pyridine rings is 1. The Hall–Kier alpha value is -2.67. The SMILES string of the molecule is COC(=O)c1ccc(Cl)c(Cn2cc([N+](=O)[O-])ccc2=O)c1. The summed E-state index contributed by atoms with van der Waals surface area (Å²) < 4.78 is 5.77. The fourth-order valence-electron chi connectivity index (χ4n) is 1.87. The van der Waals surface area contributed by atoms with E-state index in [1.54, 1.807) is 0 Å². The normalized spacial score (nSPS) is 10.3. The lowest BCUT2D eigenvalue weighted by atomic mass is 10.1. The Morgan fingerprint density at radius 2 is 2.09 bits per heavy atom. The second-order valence-corrected chi connectivity index (χ2v) is 4.82. The van der Waals surface area contributed by atoms with E-state index in [4.69, 9.17) is 11.6 Å². The molecule has 0 aliphatic heterocycles. The lowest BCUT2D eigenvalue weighted by Gasteiger charge is -2.09. The van der Waals surface area contributed by atoms with Crippen molar-refractivity contribution in [2.45, 2.75) is 6.54 Å². The maximum absolute atomic E-state index is 11.8. The summed E-state index contributed by atoms with van der Waals surface area (Å²) in [4.78, 5) is 33.5. The maximum atomic E-state index is 11.8. The number of halogens is 1. The number of methoxy groups -OCH3 is 1. The van der Waals surface area contributed by atoms with Gasteiger partial charge in [0.25, 0.3) is 11.2 Å². The van der Waals surface area contributed by atoms with Gasteiger partial charge in [0.1, 0.15) is 0 Å². The van der Waals surface area contributed by atoms with Gasteiger partial charge in [-0.25, -0.2) is 4.79 Å². The van der Waals surface area contributed by atoms with Crippen LogP contribution in [0.2, 0.25) is 5.02 Å². The molecule has 1 heterocycles. The number of ether oxygens (including phenoxy) is 1. The van der Waals surface area contributed by atoms with Crippen LogP contribution in [0.15, 0.2) is 41.3 Å². The van der Waals surface area contributed by atoms with E-state index in [9.17, 15) is 19.7 Å². The highest BCUT2D eigenvalue weighted by Crippen LogP contribution is 2.19. The van der Waals surface area contributed by atoms with Gasteiger partial charge in [0.2, 0.25) is 0 Å². The van der Waals surface area contributed by atoms with Gasteiger partial charge in [-0.05, 0) is 23.8 Å². The van der Waals surface area contributed by atoms with Gasteiger partial charge in [0, 0.05) is 17.2 Å². The molecule has 0 aliphatic carbocycles. The van der Waals surface area contributed by atoms with Crippen LogP contribution in [0.5, 0.6) is 0 Å². The van der Waals surface area contributed by atoms with Gasteiger partial charge in [-0.2, -0.15) is 0 Å². The van der Waals surface area contributed by atoms with Crippen LogP contribution in [0, 0.1) is 10.1 Å². The molecule has 0 saturated heterocycles. The fraction of sp³-hybridized carbons (Fsp3) is 0.143. The van der Waals surface area contributed by atoms with E-state index < -0.39 is 16.5 Å². The van der Waals surface area contributed by atoms with Crippen molar-refractivity contribution in [3.8, 4) is 0 Å². The third-order valence-corrected chi connectivity index (χ3v) is 3.35. The maximum Gasteiger partial charge on any atom is 0.337 e. The number of rotatable bonds is 4. The number of nitro groups is 1. The number of hydrogen-bond acceptors (Lipinski definition) is 5. The minimum absolute atomic E-state index is 0.00415. The molecule has 1 aromatic heterocycles. The molecule has 0 bridgehead atoms. The Balaban J connectivity index is 2.42. The first-order valence-corrected chi connectivity index (χ1v) is 6.52. The highest BCUT2D eigenvalue weighted by molar-refractivity contribution is 6.31. The number of esters is 1. The molecule has 0 radical (unpaired) electrons. The van der Waals surface area contributed by atoms with Crippen LogP contribution in [-0.4, -0.2) is 22.6 Å². The predicted octanol–water partition coefficient (Wildman–Crippen LogP) is 2.24. The van der Waals surface area contributed by atoms with Crippen molar-refractivity contribution in [2.75, 3.05) is 7.11 Å². The van der Waals surface area contributed by atoms with E-state index in [1.165, 1.54) is 25.3 Å². The first-order chi connectivity index (χ1) is 10.4. The summed E-state index contributed by atoms with van der Waals surface area (Å²) in [6.07, 6.45) is 1.13. The molecule has 114 valence electrons. The molecule has 0 amide bonds. The van der Waals surface area contributed by atoms with Gasteiger partial charge >= 0.3 is 5.97 Å². The number of carbonyl (C=O) groups excluding carboxylic acids is 1. The number of hydrogen-bond donors (Lipinski definition) is 0. The van der Waals surface area contributed by atoms with Gasteiger partial charge in [0.15, 0.2) is 0 Å². The number of nitrogens with zero attached hydrogens (tertiary/aromatic N) is 2. The molecule has 8 heteroatoms. The van der Waals surface area contributed by atoms with E-state index in [2.05, 4.69) is 4.74 Å². The largest absolute Gasteiger partial charge is 0.465 e. The summed E-state index contributed by atoms with van der Waals surface area (Å²) >= 11 is 6.05. The van der Waals surface area contributed by atoms with Crippen LogP contribution in [0.25, 0.3) is 0 Å². The monoisotopic (exact) mass is 322 g/mol. The molecule has 0 N–H and O–H groups in total. The summed E-state index contributed by atoms with van der Waals surface area (Å²) in [6, 6.07) is 6.72. The molecule has 0 unspecified atom stereocenters. The first kappa shape index (κ1) is 15.7. The topological polar surface area (TPSA) is 91.4 Å². The quantitative estimate of drug-likeness (QED) is 0.489. The van der Waals surface area contributed by atoms with Crippen molar-refractivity contribution in [1.29, 1.82) is 0 Å². The molecule has 0 fully saturated rings. The summed E-state index contributed by atoms with van der Waals surface area (Å²) in [5, 5.41) is 11.1. The molecule has 2 rings (SSSR count). The van der Waals surface area contributed by atoms with Crippen LogP contribution in [0.1, 0.15) is 15.9 Å². The minimum atomic E-state index is -0.595. The highest BCUT2D eigenvalue weighted by Gasteiger charge is 2.12. The average Bonchev–Trinajstić information content (AvgIpc) is 2.50. The Morgan fingerprint density at radius 1 is 1.36 bits per heavy atom. The Bertz CT molecular complexity index is 800. The van der Waals surface area contributed by atoms with Crippen molar-refractivity contribution in [1.82, 2.24) is 4.57 Å². The highest BCUT2D eigenvalue weighted by atomic mass is 35.5. The summed E-state index contributed by atoms with van der Waals surface area (Å²) in [5.74, 6) is -0.538. The molecule has 7 nitrogen and oxygen atoms in total. The van der Waals surface area contributed by atoms with E-state index in [0.29, 0.717) is 10.6 Å². The van der Waals surface area contributed by atoms with Crippen molar-refractivity contribution < 1.29 is 14.5 Å². The molecule has 22 heavy (non-hydrogen) atoms. The zero-order valence-electron chi connectivity index (χ0n) is 11.5. The van der Waals surface area contributed by atoms with Crippen molar-refractivity contribution in [3.05, 3.63) is 73.1 Å². The lowest BCUT2D eigenvalue weighted by molar-refractivity contribution is -0.385. The van der Waals surface area contributed by atoms with Gasteiger partial charge in [-0.1, -0.05) is 11.6 Å². The number of benzene rings is 1. The van der Waals surface area contributed by atoms with Crippen LogP contribution in [0.4, 0.5) is 5.69 Å². The number of carbonyl (C=O) groups is 1. The van der Waals surface area contributed by atoms with Crippen molar-refractivity contribution in [2.24, 2.45) is 0 Å². The third-order valence-electron chi connectivity index (χ3n) is 2.99. The van der Waals surface area contributed by atoms with Crippen LogP contribution in [0.3, 0.4) is 0 Å². The Morgan fingerprint density at radius 3 is 2.73 bits per heavy atom. The molecular weight excluding hydrogens is 312 g/mol. The van der Waals surface area contributed by atoms with E-state index in [-0.39, 0.29) is 17.8 Å². The summed E-state index contributed by atoms with van der Waals surface area (Å²) in [6.45, 7) is 0.00415. The third kappa shape index (κ3) is 3.32. The standard InChI is InChI=1S/C14H11ClN2O5/c1-22-14(19)9-2-4-12(15)10(6-9)7-16-8-11(17(20)21)3-5-13(16)18/h2-6,8H,7H2,1H3. The summed E-state index contributed by atoms with van der Waals surface area (Å²) in [5.41, 5.74) is 0.137. The van der Waals surface area contributed by atoms with Crippen LogP contribution < -0.4 is 5.56 Å². The van der Waals surface area contributed by atoms with Gasteiger partial charge in [-0.3, -0.25) is 14.9 Å². The molecule has 1 aromatic carbocycles. The van der Waals surface area contributed by atoms with Gasteiger partial charge < -0.3 is 9.30 Å². The van der Waals surface area contributed by atoms with E-state index >= 15 is 0 Å². The number of aromatic nitrogens is 1. The van der Waals surface area contributed by atoms with Gasteiger partial charge in [0.05, 0.1) is 30.3 Å².